The summed E-state index contributed by atoms with van der Waals surface area (Å²) in [4.78, 5) is 11.1. The van der Waals surface area contributed by atoms with E-state index in [1.807, 2.05) is 6.92 Å². The summed E-state index contributed by atoms with van der Waals surface area (Å²) in [5, 5.41) is 7.09. The molecule has 0 bridgehead atoms. The van der Waals surface area contributed by atoms with Crippen LogP contribution in [0.3, 0.4) is 0 Å². The van der Waals surface area contributed by atoms with Gasteiger partial charge in [-0.1, -0.05) is 5.16 Å². The second-order valence-electron chi connectivity index (χ2n) is 4.42. The molecule has 1 aromatic heterocycles. The lowest BCUT2D eigenvalue weighted by Gasteiger charge is -2.20. The molecule has 18 heavy (non-hydrogen) atoms. The van der Waals surface area contributed by atoms with E-state index in [-0.39, 0.29) is 0 Å². The second-order valence-corrected chi connectivity index (χ2v) is 4.42. The quantitative estimate of drug-likeness (QED) is 0.638. The van der Waals surface area contributed by atoms with Crippen molar-refractivity contribution < 1.29 is 4.52 Å². The number of nitrogens with zero attached hydrogens (tertiary/aromatic N) is 4. The smallest absolute Gasteiger partial charge is 0.228 e. The minimum absolute atomic E-state index is 0.661. The standard InChI is InChI=1S/C12H21N5O/c1-3-13-12(17-8-4-5-9-17)14-7-6-11-15-10(2)16-18-11/h3-9H2,1-2H3,(H,13,14). The van der Waals surface area contributed by atoms with Gasteiger partial charge in [-0.25, -0.2) is 0 Å². The number of nitrogens with one attached hydrogen (secondary N) is 1. The molecule has 1 saturated heterocycles. The number of hydrogen-bond acceptors (Lipinski definition) is 4. The first kappa shape index (κ1) is 12.9. The van der Waals surface area contributed by atoms with Gasteiger partial charge in [0.05, 0.1) is 6.54 Å². The zero-order valence-corrected chi connectivity index (χ0v) is 11.1. The van der Waals surface area contributed by atoms with E-state index in [1.165, 1.54) is 12.8 Å². The van der Waals surface area contributed by atoms with Crippen LogP contribution in [0.15, 0.2) is 9.52 Å². The largest absolute Gasteiger partial charge is 0.357 e. The van der Waals surface area contributed by atoms with Gasteiger partial charge in [0.2, 0.25) is 5.89 Å². The van der Waals surface area contributed by atoms with Crippen molar-refractivity contribution in [2.24, 2.45) is 4.99 Å². The zero-order valence-electron chi connectivity index (χ0n) is 11.1. The maximum atomic E-state index is 5.07. The summed E-state index contributed by atoms with van der Waals surface area (Å²) in [7, 11) is 0. The van der Waals surface area contributed by atoms with Crippen LogP contribution in [0.25, 0.3) is 0 Å². The number of aryl methyl sites for hydroxylation is 1. The van der Waals surface area contributed by atoms with Crippen LogP contribution in [0.5, 0.6) is 0 Å². The molecule has 100 valence electrons. The van der Waals surface area contributed by atoms with Gasteiger partial charge in [0.15, 0.2) is 11.8 Å². The number of hydrogen-bond donors (Lipinski definition) is 1. The third-order valence-electron chi connectivity index (χ3n) is 2.90. The van der Waals surface area contributed by atoms with E-state index in [0.29, 0.717) is 24.7 Å². The molecule has 0 saturated carbocycles. The van der Waals surface area contributed by atoms with Crippen LogP contribution in [0.1, 0.15) is 31.5 Å². The van der Waals surface area contributed by atoms with E-state index in [2.05, 4.69) is 32.3 Å². The summed E-state index contributed by atoms with van der Waals surface area (Å²) in [6.45, 7) is 7.70. The Morgan fingerprint density at radius 3 is 2.83 bits per heavy atom. The number of aromatic nitrogens is 2. The molecule has 0 unspecified atom stereocenters. The molecule has 0 radical (unpaired) electrons. The Bertz CT molecular complexity index is 395. The van der Waals surface area contributed by atoms with E-state index in [0.717, 1.165) is 25.6 Å². The fourth-order valence-corrected chi connectivity index (χ4v) is 2.05. The van der Waals surface area contributed by atoms with Crippen molar-refractivity contribution >= 4 is 5.96 Å². The van der Waals surface area contributed by atoms with Crippen LogP contribution in [-0.2, 0) is 6.42 Å². The van der Waals surface area contributed by atoms with Gasteiger partial charge in [-0.05, 0) is 26.7 Å². The Kier molecular flexibility index (Phi) is 4.55. The Morgan fingerprint density at radius 1 is 1.44 bits per heavy atom. The van der Waals surface area contributed by atoms with Crippen molar-refractivity contribution in [1.82, 2.24) is 20.4 Å². The van der Waals surface area contributed by atoms with Crippen molar-refractivity contribution in [2.45, 2.75) is 33.1 Å². The van der Waals surface area contributed by atoms with Crippen LogP contribution >= 0.6 is 0 Å². The van der Waals surface area contributed by atoms with Crippen LogP contribution < -0.4 is 5.32 Å². The predicted molar refractivity (Wildman–Crippen MR) is 69.5 cm³/mol. The van der Waals surface area contributed by atoms with Gasteiger partial charge < -0.3 is 14.7 Å². The summed E-state index contributed by atoms with van der Waals surface area (Å²) in [5.74, 6) is 2.35. The topological polar surface area (TPSA) is 66.5 Å². The first-order chi connectivity index (χ1) is 8.79. The molecule has 1 aliphatic rings. The average molecular weight is 251 g/mol. The normalized spacial score (nSPS) is 16.3. The van der Waals surface area contributed by atoms with Crippen molar-refractivity contribution in [1.29, 1.82) is 0 Å². The number of likely N-dealkylation sites (tertiary alicyclic amines) is 1. The van der Waals surface area contributed by atoms with Crippen LogP contribution in [0.4, 0.5) is 0 Å². The highest BCUT2D eigenvalue weighted by Gasteiger charge is 2.15. The zero-order chi connectivity index (χ0) is 12.8. The monoisotopic (exact) mass is 251 g/mol. The molecule has 1 fully saturated rings. The molecule has 6 nitrogen and oxygen atoms in total. The number of rotatable bonds is 4. The fraction of sp³-hybridized carbons (Fsp3) is 0.750. The summed E-state index contributed by atoms with van der Waals surface area (Å²) < 4.78 is 5.07. The summed E-state index contributed by atoms with van der Waals surface area (Å²) in [5.41, 5.74) is 0. The first-order valence-corrected chi connectivity index (χ1v) is 6.62. The highest BCUT2D eigenvalue weighted by Crippen LogP contribution is 2.07. The minimum Gasteiger partial charge on any atom is -0.357 e. The summed E-state index contributed by atoms with van der Waals surface area (Å²) in [6.07, 6.45) is 3.21. The summed E-state index contributed by atoms with van der Waals surface area (Å²) in [6, 6.07) is 0. The highest BCUT2D eigenvalue weighted by atomic mass is 16.5. The van der Waals surface area contributed by atoms with E-state index in [9.17, 15) is 0 Å². The third-order valence-corrected chi connectivity index (χ3v) is 2.90. The van der Waals surface area contributed by atoms with Crippen LogP contribution in [-0.4, -0.2) is 47.2 Å². The molecule has 0 aliphatic carbocycles. The molecule has 0 spiro atoms. The average Bonchev–Trinajstić information content (AvgIpc) is 2.99. The third kappa shape index (κ3) is 3.45. The Hall–Kier alpha value is -1.59. The molecule has 0 amide bonds. The van der Waals surface area contributed by atoms with E-state index >= 15 is 0 Å². The van der Waals surface area contributed by atoms with Crippen LogP contribution in [0.2, 0.25) is 0 Å². The molecule has 1 aliphatic heterocycles. The second kappa shape index (κ2) is 6.37. The first-order valence-electron chi connectivity index (χ1n) is 6.62. The molecule has 2 rings (SSSR count). The van der Waals surface area contributed by atoms with Crippen molar-refractivity contribution in [3.05, 3.63) is 11.7 Å². The van der Waals surface area contributed by atoms with Gasteiger partial charge in [-0.15, -0.1) is 0 Å². The van der Waals surface area contributed by atoms with Gasteiger partial charge in [0.1, 0.15) is 0 Å². The Balaban J connectivity index is 1.87. The Morgan fingerprint density at radius 2 is 2.22 bits per heavy atom. The van der Waals surface area contributed by atoms with Crippen LogP contribution in [0, 0.1) is 6.92 Å². The predicted octanol–water partition coefficient (Wildman–Crippen LogP) is 0.982. The van der Waals surface area contributed by atoms with Gasteiger partial charge in [0, 0.05) is 26.1 Å². The molecule has 6 heteroatoms. The van der Waals surface area contributed by atoms with Gasteiger partial charge >= 0.3 is 0 Å². The summed E-state index contributed by atoms with van der Waals surface area (Å²) >= 11 is 0. The maximum absolute atomic E-state index is 5.07. The van der Waals surface area contributed by atoms with Gasteiger partial charge in [-0.2, -0.15) is 4.98 Å². The van der Waals surface area contributed by atoms with E-state index in [4.69, 9.17) is 4.52 Å². The van der Waals surface area contributed by atoms with E-state index in [1.54, 1.807) is 0 Å². The van der Waals surface area contributed by atoms with Gasteiger partial charge in [-0.3, -0.25) is 4.99 Å². The lowest BCUT2D eigenvalue weighted by Crippen LogP contribution is -2.39. The van der Waals surface area contributed by atoms with E-state index < -0.39 is 0 Å². The number of guanidine groups is 1. The Labute approximate surface area is 107 Å². The van der Waals surface area contributed by atoms with Gasteiger partial charge in [0.25, 0.3) is 0 Å². The molecule has 1 N–H and O–H groups in total. The minimum atomic E-state index is 0.661. The molecule has 1 aromatic rings. The van der Waals surface area contributed by atoms with Crippen molar-refractivity contribution in [3.63, 3.8) is 0 Å². The van der Waals surface area contributed by atoms with Crippen molar-refractivity contribution in [2.75, 3.05) is 26.2 Å². The molecule has 0 aromatic carbocycles. The van der Waals surface area contributed by atoms with Crippen molar-refractivity contribution in [3.8, 4) is 0 Å². The number of aliphatic imine (C=N–C) groups is 1. The lowest BCUT2D eigenvalue weighted by molar-refractivity contribution is 0.375. The molecular formula is C12H21N5O. The SMILES string of the molecule is CCNC(=NCCc1nc(C)no1)N1CCCC1. The molecule has 2 heterocycles. The lowest BCUT2D eigenvalue weighted by atomic mass is 10.4. The maximum Gasteiger partial charge on any atom is 0.228 e. The molecule has 0 atom stereocenters. The molecular weight excluding hydrogens is 230 g/mol. The highest BCUT2D eigenvalue weighted by molar-refractivity contribution is 5.80. The fourth-order valence-electron chi connectivity index (χ4n) is 2.05.